The molecule has 2 saturated carbocycles. The molecule has 2 rings (SSSR count). The van der Waals surface area contributed by atoms with Crippen LogP contribution in [0.1, 0.15) is 19.3 Å². The van der Waals surface area contributed by atoms with Crippen LogP contribution in [0.15, 0.2) is 0 Å². The highest BCUT2D eigenvalue weighted by atomic mass is 31.0. The largest absolute Gasteiger partial charge is 0.421 e. The molecule has 2 fully saturated rings. The Hall–Kier alpha value is 0.110. The average molecular weight is 230 g/mol. The fraction of sp³-hybridized carbons (Fsp3) is 1.00. The van der Waals surface area contributed by atoms with E-state index < -0.39 is 29.0 Å². The SMILES string of the molecule is OC1(C(F)(F)F)C2CCC(C2)C1(F)P. The summed E-state index contributed by atoms with van der Waals surface area (Å²) in [5, 5.41) is 6.92. The van der Waals surface area contributed by atoms with Gasteiger partial charge in [-0.2, -0.15) is 13.2 Å². The van der Waals surface area contributed by atoms with Crippen LogP contribution in [0.5, 0.6) is 0 Å². The third-order valence-corrected chi connectivity index (χ3v) is 4.55. The van der Waals surface area contributed by atoms with Crippen LogP contribution >= 0.6 is 9.24 Å². The number of halogens is 4. The molecule has 0 saturated heterocycles. The Kier molecular flexibility index (Phi) is 1.98. The number of fused-ring (bicyclic) bond motifs is 2. The van der Waals surface area contributed by atoms with E-state index in [1.807, 2.05) is 0 Å². The minimum Gasteiger partial charge on any atom is -0.377 e. The maximum atomic E-state index is 13.8. The summed E-state index contributed by atoms with van der Waals surface area (Å²) >= 11 is 0. The van der Waals surface area contributed by atoms with Gasteiger partial charge in [-0.25, -0.2) is 4.39 Å². The maximum absolute atomic E-state index is 13.8. The minimum atomic E-state index is -4.89. The Morgan fingerprint density at radius 3 is 2.00 bits per heavy atom. The Morgan fingerprint density at radius 2 is 1.71 bits per heavy atom. The van der Waals surface area contributed by atoms with Crippen LogP contribution in [0.4, 0.5) is 17.6 Å². The van der Waals surface area contributed by atoms with E-state index in [1.54, 1.807) is 9.24 Å². The number of aliphatic hydroxyl groups is 1. The quantitative estimate of drug-likeness (QED) is 0.500. The Balaban J connectivity index is 2.44. The first-order chi connectivity index (χ1) is 6.21. The first kappa shape index (κ1) is 10.6. The van der Waals surface area contributed by atoms with Gasteiger partial charge in [0, 0.05) is 11.8 Å². The zero-order valence-electron chi connectivity index (χ0n) is 7.31. The van der Waals surface area contributed by atoms with Crippen molar-refractivity contribution in [3.05, 3.63) is 0 Å². The maximum Gasteiger partial charge on any atom is 0.421 e. The summed E-state index contributed by atoms with van der Waals surface area (Å²) in [5.74, 6) is -1.65. The summed E-state index contributed by atoms with van der Waals surface area (Å²) in [6.45, 7) is 0. The molecule has 0 spiro atoms. The molecule has 82 valence electrons. The van der Waals surface area contributed by atoms with Gasteiger partial charge in [-0.1, -0.05) is 9.24 Å². The molecule has 0 amide bonds. The fourth-order valence-electron chi connectivity index (χ4n) is 2.82. The van der Waals surface area contributed by atoms with Gasteiger partial charge in [-0.3, -0.25) is 0 Å². The lowest BCUT2D eigenvalue weighted by Crippen LogP contribution is -2.61. The monoisotopic (exact) mass is 230 g/mol. The topological polar surface area (TPSA) is 20.2 Å². The molecule has 2 aliphatic carbocycles. The first-order valence-electron chi connectivity index (χ1n) is 4.48. The van der Waals surface area contributed by atoms with E-state index in [4.69, 9.17) is 0 Å². The molecule has 0 heterocycles. The second kappa shape index (κ2) is 2.62. The third kappa shape index (κ3) is 0.977. The highest BCUT2D eigenvalue weighted by molar-refractivity contribution is 7.18. The van der Waals surface area contributed by atoms with E-state index in [0.717, 1.165) is 0 Å². The van der Waals surface area contributed by atoms with Crippen molar-refractivity contribution in [3.8, 4) is 0 Å². The molecule has 6 heteroatoms. The molecular formula is C8H11F4OP. The van der Waals surface area contributed by atoms with E-state index in [2.05, 4.69) is 0 Å². The summed E-state index contributed by atoms with van der Waals surface area (Å²) in [4.78, 5) is 0. The zero-order valence-corrected chi connectivity index (χ0v) is 8.47. The lowest BCUT2D eigenvalue weighted by atomic mass is 9.81. The summed E-state index contributed by atoms with van der Waals surface area (Å²) in [7, 11) is 1.56. The molecule has 2 bridgehead atoms. The predicted octanol–water partition coefficient (Wildman–Crippen LogP) is 2.25. The smallest absolute Gasteiger partial charge is 0.377 e. The van der Waals surface area contributed by atoms with Crippen molar-refractivity contribution in [1.29, 1.82) is 0 Å². The molecule has 1 nitrogen and oxygen atoms in total. The van der Waals surface area contributed by atoms with Crippen molar-refractivity contribution in [2.45, 2.75) is 36.4 Å². The van der Waals surface area contributed by atoms with Crippen LogP contribution in [0, 0.1) is 11.8 Å². The van der Waals surface area contributed by atoms with Gasteiger partial charge < -0.3 is 5.11 Å². The van der Waals surface area contributed by atoms with Crippen molar-refractivity contribution in [1.82, 2.24) is 0 Å². The fourth-order valence-corrected chi connectivity index (χ4v) is 3.52. The van der Waals surface area contributed by atoms with Gasteiger partial charge in [0.2, 0.25) is 5.60 Å². The van der Waals surface area contributed by atoms with Crippen LogP contribution in [0.3, 0.4) is 0 Å². The van der Waals surface area contributed by atoms with Gasteiger partial charge in [-0.15, -0.1) is 0 Å². The molecule has 1 N–H and O–H groups in total. The van der Waals surface area contributed by atoms with Crippen molar-refractivity contribution >= 4 is 9.24 Å². The summed E-state index contributed by atoms with van der Waals surface area (Å²) < 4.78 is 51.6. The Morgan fingerprint density at radius 1 is 1.21 bits per heavy atom. The molecular weight excluding hydrogens is 219 g/mol. The van der Waals surface area contributed by atoms with Crippen molar-refractivity contribution in [2.24, 2.45) is 11.8 Å². The van der Waals surface area contributed by atoms with E-state index in [1.165, 1.54) is 0 Å². The van der Waals surface area contributed by atoms with E-state index in [-0.39, 0.29) is 12.8 Å². The van der Waals surface area contributed by atoms with Crippen LogP contribution in [-0.4, -0.2) is 22.3 Å². The van der Waals surface area contributed by atoms with E-state index in [0.29, 0.717) is 6.42 Å². The summed E-state index contributed by atoms with van der Waals surface area (Å²) in [6.07, 6.45) is -4.05. The minimum absolute atomic E-state index is 0.135. The van der Waals surface area contributed by atoms with Crippen molar-refractivity contribution in [3.63, 3.8) is 0 Å². The van der Waals surface area contributed by atoms with Gasteiger partial charge >= 0.3 is 6.18 Å². The number of hydrogen-bond acceptors (Lipinski definition) is 1. The Labute approximate surface area is 81.1 Å². The van der Waals surface area contributed by atoms with Crippen LogP contribution in [0.2, 0.25) is 0 Å². The third-order valence-electron chi connectivity index (χ3n) is 3.63. The normalized spacial score (nSPS) is 52.7. The Bertz CT molecular complexity index is 265. The predicted molar refractivity (Wildman–Crippen MR) is 45.4 cm³/mol. The van der Waals surface area contributed by atoms with E-state index in [9.17, 15) is 22.7 Å². The second-order valence-electron chi connectivity index (χ2n) is 4.24. The highest BCUT2D eigenvalue weighted by Gasteiger charge is 2.77. The lowest BCUT2D eigenvalue weighted by molar-refractivity contribution is -0.302. The van der Waals surface area contributed by atoms with E-state index >= 15 is 0 Å². The summed E-state index contributed by atoms with van der Waals surface area (Å²) in [6, 6.07) is 0. The van der Waals surface area contributed by atoms with Gasteiger partial charge in [0.1, 0.15) is 0 Å². The van der Waals surface area contributed by atoms with Gasteiger partial charge in [0.25, 0.3) is 0 Å². The molecule has 0 aromatic heterocycles. The molecule has 5 unspecified atom stereocenters. The van der Waals surface area contributed by atoms with Gasteiger partial charge in [0.15, 0.2) is 5.41 Å². The van der Waals surface area contributed by atoms with Crippen LogP contribution in [0.25, 0.3) is 0 Å². The molecule has 5 atom stereocenters. The number of alkyl halides is 4. The van der Waals surface area contributed by atoms with Crippen LogP contribution in [-0.2, 0) is 0 Å². The standard InChI is InChI=1S/C8H11F4OP/c9-7(14)5-2-1-4(3-5)6(7,13)8(10,11)12/h4-5,13H,1-3,14H2. The van der Waals surface area contributed by atoms with Crippen molar-refractivity contribution in [2.75, 3.05) is 0 Å². The van der Waals surface area contributed by atoms with Crippen LogP contribution < -0.4 is 0 Å². The van der Waals surface area contributed by atoms with Gasteiger partial charge in [-0.05, 0) is 19.3 Å². The number of rotatable bonds is 0. The molecule has 0 radical (unpaired) electrons. The van der Waals surface area contributed by atoms with Crippen molar-refractivity contribution < 1.29 is 22.7 Å². The molecule has 14 heavy (non-hydrogen) atoms. The highest BCUT2D eigenvalue weighted by Crippen LogP contribution is 2.66. The van der Waals surface area contributed by atoms with Gasteiger partial charge in [0.05, 0.1) is 0 Å². The number of hydrogen-bond donors (Lipinski definition) is 1. The summed E-state index contributed by atoms with van der Waals surface area (Å²) in [5.41, 5.74) is -3.16. The molecule has 0 aromatic carbocycles. The molecule has 0 aliphatic heterocycles. The lowest BCUT2D eigenvalue weighted by Gasteiger charge is -2.43. The molecule has 2 aliphatic rings. The zero-order chi connectivity index (χ0) is 10.8. The molecule has 0 aromatic rings. The first-order valence-corrected chi connectivity index (χ1v) is 5.06. The second-order valence-corrected chi connectivity index (χ2v) is 5.08. The average Bonchev–Trinajstić information content (AvgIpc) is 2.52.